The monoisotopic (exact) mass is 296 g/mol. The molecule has 0 fully saturated rings. The fraction of sp³-hybridized carbons (Fsp3) is 0.231. The lowest BCUT2D eigenvalue weighted by molar-refractivity contribution is 0.0951. The van der Waals surface area contributed by atoms with Crippen LogP contribution in [0.25, 0.3) is 0 Å². The van der Waals surface area contributed by atoms with Crippen LogP contribution in [-0.2, 0) is 4.74 Å². The molecule has 0 aliphatic rings. The first-order valence-corrected chi connectivity index (χ1v) is 6.00. The highest BCUT2D eigenvalue weighted by Gasteiger charge is 2.13. The van der Waals surface area contributed by atoms with Crippen molar-refractivity contribution < 1.29 is 29.6 Å². The Hall–Kier alpha value is -2.90. The van der Waals surface area contributed by atoms with Gasteiger partial charge in [-0.05, 0) is 12.1 Å². The molecule has 0 radical (unpaired) electrons. The number of rotatable bonds is 6. The highest BCUT2D eigenvalue weighted by atomic mass is 16.5. The Bertz CT molecular complexity index is 520. The Morgan fingerprint density at radius 3 is 2.29 bits per heavy atom. The molecule has 0 unspecified atom stereocenters. The van der Waals surface area contributed by atoms with Gasteiger partial charge >= 0.3 is 6.09 Å². The second kappa shape index (κ2) is 7.63. The van der Waals surface area contributed by atoms with Crippen LogP contribution in [0.4, 0.5) is 4.79 Å². The number of phenolic OH excluding ortho intramolecular Hbond substituents is 3. The molecule has 5 N–H and O–H groups in total. The summed E-state index contributed by atoms with van der Waals surface area (Å²) >= 11 is 0. The van der Waals surface area contributed by atoms with Crippen molar-refractivity contribution in [3.63, 3.8) is 0 Å². The first kappa shape index (κ1) is 16.2. The summed E-state index contributed by atoms with van der Waals surface area (Å²) in [7, 11) is 0. The van der Waals surface area contributed by atoms with Gasteiger partial charge in [0.15, 0.2) is 17.2 Å². The van der Waals surface area contributed by atoms with Gasteiger partial charge in [-0.3, -0.25) is 4.79 Å². The van der Waals surface area contributed by atoms with E-state index in [0.717, 1.165) is 12.1 Å². The fourth-order valence-corrected chi connectivity index (χ4v) is 1.36. The molecule has 0 bridgehead atoms. The molecule has 8 heteroatoms. The molecule has 0 saturated carbocycles. The summed E-state index contributed by atoms with van der Waals surface area (Å²) in [5, 5.41) is 32.6. The van der Waals surface area contributed by atoms with Gasteiger partial charge < -0.3 is 30.7 Å². The van der Waals surface area contributed by atoms with Crippen LogP contribution in [0.2, 0.25) is 0 Å². The van der Waals surface area contributed by atoms with Crippen LogP contribution in [0.5, 0.6) is 17.2 Å². The molecule has 0 spiro atoms. The number of hydrogen-bond donors (Lipinski definition) is 5. The first-order chi connectivity index (χ1) is 9.95. The van der Waals surface area contributed by atoms with Crippen LogP contribution in [0, 0.1) is 0 Å². The van der Waals surface area contributed by atoms with E-state index < -0.39 is 29.2 Å². The minimum atomic E-state index is -0.696. The van der Waals surface area contributed by atoms with E-state index >= 15 is 0 Å². The molecule has 2 amide bonds. The van der Waals surface area contributed by atoms with Crippen LogP contribution >= 0.6 is 0 Å². The molecule has 8 nitrogen and oxygen atoms in total. The molecular weight excluding hydrogens is 280 g/mol. The van der Waals surface area contributed by atoms with Crippen molar-refractivity contribution in [2.24, 2.45) is 0 Å². The van der Waals surface area contributed by atoms with Gasteiger partial charge in [0.1, 0.15) is 6.61 Å². The van der Waals surface area contributed by atoms with E-state index in [0.29, 0.717) is 0 Å². The van der Waals surface area contributed by atoms with Gasteiger partial charge in [0.05, 0.1) is 0 Å². The highest BCUT2D eigenvalue weighted by molar-refractivity contribution is 5.95. The van der Waals surface area contributed by atoms with Gasteiger partial charge in [-0.1, -0.05) is 12.7 Å². The maximum absolute atomic E-state index is 11.7. The van der Waals surface area contributed by atoms with Gasteiger partial charge in [-0.25, -0.2) is 4.79 Å². The number of carbonyl (C=O) groups excluding carboxylic acids is 2. The van der Waals surface area contributed by atoms with E-state index in [1.54, 1.807) is 0 Å². The Morgan fingerprint density at radius 1 is 1.14 bits per heavy atom. The van der Waals surface area contributed by atoms with E-state index in [1.165, 1.54) is 6.08 Å². The van der Waals surface area contributed by atoms with E-state index in [4.69, 9.17) is 5.11 Å². The third-order valence-electron chi connectivity index (χ3n) is 2.34. The Morgan fingerprint density at radius 2 is 1.71 bits per heavy atom. The number of alkyl carbamates (subject to hydrolysis) is 1. The first-order valence-electron chi connectivity index (χ1n) is 6.00. The van der Waals surface area contributed by atoms with Gasteiger partial charge in [-0.2, -0.15) is 0 Å². The summed E-state index contributed by atoms with van der Waals surface area (Å²) in [5.41, 5.74) is -0.0305. The third-order valence-corrected chi connectivity index (χ3v) is 2.34. The third kappa shape index (κ3) is 4.94. The summed E-state index contributed by atoms with van der Waals surface area (Å²) in [6, 6.07) is 2.02. The second-order valence-corrected chi connectivity index (χ2v) is 3.93. The standard InChI is InChI=1S/C13H16N2O6/c1-2-5-21-13(20)15-4-3-14-12(19)8-6-9(16)11(18)10(17)7-8/h2,6-7,16-18H,1,3-5H2,(H,14,19)(H,15,20). The van der Waals surface area contributed by atoms with E-state index in [9.17, 15) is 19.8 Å². The van der Waals surface area contributed by atoms with Crippen LogP contribution in [0.1, 0.15) is 10.4 Å². The zero-order valence-electron chi connectivity index (χ0n) is 11.1. The van der Waals surface area contributed by atoms with E-state index in [1.807, 2.05) is 0 Å². The topological polar surface area (TPSA) is 128 Å². The van der Waals surface area contributed by atoms with Crippen molar-refractivity contribution in [2.45, 2.75) is 0 Å². The van der Waals surface area contributed by atoms with Gasteiger partial charge in [0, 0.05) is 18.7 Å². The van der Waals surface area contributed by atoms with Crippen LogP contribution in [-0.4, -0.2) is 47.0 Å². The van der Waals surface area contributed by atoms with Gasteiger partial charge in [-0.15, -0.1) is 0 Å². The predicted octanol–water partition coefficient (Wildman–Crippen LogP) is 0.445. The predicted molar refractivity (Wildman–Crippen MR) is 73.3 cm³/mol. The van der Waals surface area contributed by atoms with Crippen molar-refractivity contribution in [1.29, 1.82) is 0 Å². The molecule has 1 aromatic rings. The largest absolute Gasteiger partial charge is 0.504 e. The molecule has 0 heterocycles. The number of carbonyl (C=O) groups is 2. The van der Waals surface area contributed by atoms with Crippen molar-refractivity contribution in [3.05, 3.63) is 30.4 Å². The Labute approximate surface area is 120 Å². The Kier molecular flexibility index (Phi) is 5.87. The van der Waals surface area contributed by atoms with Crippen LogP contribution < -0.4 is 10.6 Å². The molecule has 21 heavy (non-hydrogen) atoms. The number of amides is 2. The lowest BCUT2D eigenvalue weighted by Gasteiger charge is -2.08. The number of benzene rings is 1. The molecule has 114 valence electrons. The molecule has 1 aromatic carbocycles. The average Bonchev–Trinajstić information content (AvgIpc) is 2.46. The summed E-state index contributed by atoms with van der Waals surface area (Å²) in [4.78, 5) is 22.8. The summed E-state index contributed by atoms with van der Waals surface area (Å²) < 4.78 is 4.65. The summed E-state index contributed by atoms with van der Waals surface area (Å²) in [5.74, 6) is -2.49. The van der Waals surface area contributed by atoms with Crippen molar-refractivity contribution >= 4 is 12.0 Å². The molecule has 0 aliphatic heterocycles. The molecule has 0 saturated heterocycles. The normalized spacial score (nSPS) is 9.71. The Balaban J connectivity index is 2.41. The number of nitrogens with one attached hydrogen (secondary N) is 2. The molecule has 0 aromatic heterocycles. The van der Waals surface area contributed by atoms with Crippen molar-refractivity contribution in [1.82, 2.24) is 10.6 Å². The molecule has 1 rings (SSSR count). The lowest BCUT2D eigenvalue weighted by atomic mass is 10.1. The molecule has 0 aliphatic carbocycles. The SMILES string of the molecule is C=CCOC(=O)NCCNC(=O)c1cc(O)c(O)c(O)c1. The average molecular weight is 296 g/mol. The smallest absolute Gasteiger partial charge is 0.407 e. The number of aromatic hydroxyl groups is 3. The zero-order valence-corrected chi connectivity index (χ0v) is 11.1. The quantitative estimate of drug-likeness (QED) is 0.294. The van der Waals surface area contributed by atoms with Crippen LogP contribution in [0.15, 0.2) is 24.8 Å². The fourth-order valence-electron chi connectivity index (χ4n) is 1.36. The van der Waals surface area contributed by atoms with Gasteiger partial charge in [0.25, 0.3) is 5.91 Å². The van der Waals surface area contributed by atoms with Crippen LogP contribution in [0.3, 0.4) is 0 Å². The van der Waals surface area contributed by atoms with Crippen molar-refractivity contribution in [3.8, 4) is 17.2 Å². The minimum Gasteiger partial charge on any atom is -0.504 e. The number of hydrogen-bond acceptors (Lipinski definition) is 6. The van der Waals surface area contributed by atoms with Gasteiger partial charge in [0.2, 0.25) is 0 Å². The van der Waals surface area contributed by atoms with Crippen molar-refractivity contribution in [2.75, 3.05) is 19.7 Å². The zero-order chi connectivity index (χ0) is 15.8. The number of ether oxygens (including phenoxy) is 1. The molecular formula is C13H16N2O6. The molecule has 0 atom stereocenters. The summed E-state index contributed by atoms with van der Waals surface area (Å²) in [6.45, 7) is 3.73. The minimum absolute atomic E-state index is 0.0305. The highest BCUT2D eigenvalue weighted by Crippen LogP contribution is 2.35. The number of phenols is 3. The van der Waals surface area contributed by atoms with E-state index in [2.05, 4.69) is 21.9 Å². The van der Waals surface area contributed by atoms with E-state index in [-0.39, 0.29) is 25.3 Å². The second-order valence-electron chi connectivity index (χ2n) is 3.93. The summed E-state index contributed by atoms with van der Waals surface area (Å²) in [6.07, 6.45) is 0.787. The lowest BCUT2D eigenvalue weighted by Crippen LogP contribution is -2.35. The maximum Gasteiger partial charge on any atom is 0.407 e. The maximum atomic E-state index is 11.7.